The first-order valence-electron chi connectivity index (χ1n) is 13.0. The van der Waals surface area contributed by atoms with Crippen LogP contribution in [0.1, 0.15) is 92.4 Å². The van der Waals surface area contributed by atoms with E-state index in [0.29, 0.717) is 23.7 Å². The number of hydrogen-bond acceptors (Lipinski definition) is 7. The highest BCUT2D eigenvalue weighted by Gasteiger charge is 2.17. The molecule has 1 aliphatic rings. The van der Waals surface area contributed by atoms with Gasteiger partial charge in [0.1, 0.15) is 6.10 Å². The van der Waals surface area contributed by atoms with Gasteiger partial charge in [-0.2, -0.15) is 0 Å². The number of carboxylic acids is 1. The van der Waals surface area contributed by atoms with E-state index in [1.165, 1.54) is 52.2 Å². The minimum atomic E-state index is -0.935. The summed E-state index contributed by atoms with van der Waals surface area (Å²) in [5, 5.41) is 7.89. The summed E-state index contributed by atoms with van der Waals surface area (Å²) in [6.45, 7) is 23.0. The van der Waals surface area contributed by atoms with E-state index in [4.69, 9.17) is 14.6 Å². The Kier molecular flexibility index (Phi) is 26.4. The van der Waals surface area contributed by atoms with Gasteiger partial charge in [0.25, 0.3) is 0 Å². The van der Waals surface area contributed by atoms with Crippen LogP contribution in [0.3, 0.4) is 0 Å². The first-order valence-corrected chi connectivity index (χ1v) is 13.0. The summed E-state index contributed by atoms with van der Waals surface area (Å²) in [5.74, 6) is -1.31. The lowest BCUT2D eigenvalue weighted by atomic mass is 9.98. The minimum Gasteiger partial charge on any atom is -0.478 e. The van der Waals surface area contributed by atoms with Crippen LogP contribution in [0.5, 0.6) is 0 Å². The molecular weight excluding hydrogens is 488 g/mol. The van der Waals surface area contributed by atoms with Crippen LogP contribution < -0.4 is 0 Å². The zero-order chi connectivity index (χ0) is 30.1. The van der Waals surface area contributed by atoms with Gasteiger partial charge < -0.3 is 19.3 Å². The number of carbonyl (C=O) groups excluding carboxylic acids is 3. The van der Waals surface area contributed by atoms with Crippen LogP contribution in [0, 0.1) is 5.92 Å². The molecule has 0 bridgehead atoms. The molecule has 1 N–H and O–H groups in total. The highest BCUT2D eigenvalue weighted by molar-refractivity contribution is 5.87. The third-order valence-electron chi connectivity index (χ3n) is 5.24. The van der Waals surface area contributed by atoms with Gasteiger partial charge >= 0.3 is 23.9 Å². The molecule has 1 rings (SSSR count). The topological polar surface area (TPSA) is 116 Å². The number of carbonyl (C=O) groups is 4. The fourth-order valence-corrected chi connectivity index (χ4v) is 2.77. The van der Waals surface area contributed by atoms with E-state index in [-0.39, 0.29) is 29.6 Å². The molecule has 0 aromatic heterocycles. The zero-order valence-corrected chi connectivity index (χ0v) is 24.4. The van der Waals surface area contributed by atoms with Crippen molar-refractivity contribution in [2.75, 3.05) is 13.7 Å². The highest BCUT2D eigenvalue weighted by Crippen LogP contribution is 2.20. The van der Waals surface area contributed by atoms with Gasteiger partial charge in [0.15, 0.2) is 0 Å². The molecule has 1 atom stereocenters. The van der Waals surface area contributed by atoms with Crippen LogP contribution in [0.15, 0.2) is 49.1 Å². The van der Waals surface area contributed by atoms with Crippen molar-refractivity contribution >= 4 is 23.9 Å². The molecule has 8 heteroatoms. The third-order valence-corrected chi connectivity index (χ3v) is 5.24. The first kappa shape index (κ1) is 39.4. The lowest BCUT2D eigenvalue weighted by molar-refractivity contribution is -0.145. The molecule has 0 saturated heterocycles. The number of esters is 3. The number of carboxylic acid groups (broad SMARTS) is 1. The van der Waals surface area contributed by atoms with Crippen LogP contribution in [-0.2, 0) is 33.4 Å². The van der Waals surface area contributed by atoms with E-state index in [1.54, 1.807) is 13.8 Å². The van der Waals surface area contributed by atoms with Crippen molar-refractivity contribution in [3.05, 3.63) is 49.1 Å². The number of unbranched alkanes of at least 4 members (excludes halogenated alkanes) is 1. The fourth-order valence-electron chi connectivity index (χ4n) is 2.77. The normalized spacial score (nSPS) is 12.7. The summed E-state index contributed by atoms with van der Waals surface area (Å²) in [5.41, 5.74) is 1.11. The molecule has 0 heterocycles. The first-order chi connectivity index (χ1) is 17.8. The van der Waals surface area contributed by atoms with Crippen molar-refractivity contribution in [2.45, 2.75) is 98.5 Å². The summed E-state index contributed by atoms with van der Waals surface area (Å²) in [6, 6.07) is 0. The largest absolute Gasteiger partial charge is 0.478 e. The lowest BCUT2D eigenvalue weighted by Crippen LogP contribution is -2.20. The second-order valence-electron chi connectivity index (χ2n) is 9.05. The predicted molar refractivity (Wildman–Crippen MR) is 152 cm³/mol. The Morgan fingerprint density at radius 2 is 1.42 bits per heavy atom. The van der Waals surface area contributed by atoms with E-state index < -0.39 is 5.97 Å². The van der Waals surface area contributed by atoms with Crippen molar-refractivity contribution in [1.82, 2.24) is 0 Å². The van der Waals surface area contributed by atoms with E-state index in [9.17, 15) is 19.2 Å². The van der Waals surface area contributed by atoms with E-state index in [1.807, 2.05) is 0 Å². The molecule has 1 aliphatic carbocycles. The maximum Gasteiger partial charge on any atom is 0.333 e. The molecule has 38 heavy (non-hydrogen) atoms. The molecule has 1 fully saturated rings. The number of ether oxygens (including phenoxy) is 3. The van der Waals surface area contributed by atoms with Gasteiger partial charge in [-0.15, -0.1) is 0 Å². The van der Waals surface area contributed by atoms with Gasteiger partial charge in [0, 0.05) is 22.8 Å². The summed E-state index contributed by atoms with van der Waals surface area (Å²) >= 11 is 0. The summed E-state index contributed by atoms with van der Waals surface area (Å²) < 4.78 is 14.5. The van der Waals surface area contributed by atoms with Gasteiger partial charge in [-0.3, -0.25) is 0 Å². The molecule has 1 saturated carbocycles. The molecule has 0 aromatic carbocycles. The molecular formula is C30H50O8. The summed E-state index contributed by atoms with van der Waals surface area (Å²) in [7, 11) is 1.33. The van der Waals surface area contributed by atoms with E-state index in [0.717, 1.165) is 25.7 Å². The lowest BCUT2D eigenvalue weighted by Gasteiger charge is -2.21. The average molecular weight is 539 g/mol. The SMILES string of the molecule is C=C(C)C(=O)O.C=C(C)C(=O)OC.C=C(C)C(=O)OC1CCCCC1.C=CC(=O)OCC(CC)CCCC. The molecule has 0 amide bonds. The van der Waals surface area contributed by atoms with Gasteiger partial charge in [0.2, 0.25) is 0 Å². The third kappa shape index (κ3) is 25.9. The van der Waals surface area contributed by atoms with Crippen LogP contribution >= 0.6 is 0 Å². The van der Waals surface area contributed by atoms with Gasteiger partial charge in [-0.05, 0) is 58.8 Å². The van der Waals surface area contributed by atoms with E-state index >= 15 is 0 Å². The maximum atomic E-state index is 11.1. The van der Waals surface area contributed by atoms with Crippen molar-refractivity contribution in [3.8, 4) is 0 Å². The number of hydrogen-bond donors (Lipinski definition) is 1. The Morgan fingerprint density at radius 1 is 0.921 bits per heavy atom. The molecule has 0 spiro atoms. The number of methoxy groups -OCH3 is 1. The molecule has 218 valence electrons. The number of aliphatic carboxylic acids is 1. The quantitative estimate of drug-likeness (QED) is 0.174. The van der Waals surface area contributed by atoms with Crippen LogP contribution in [0.4, 0.5) is 0 Å². The van der Waals surface area contributed by atoms with Crippen molar-refractivity contribution < 1.29 is 38.5 Å². The van der Waals surface area contributed by atoms with Crippen LogP contribution in [0.25, 0.3) is 0 Å². The average Bonchev–Trinajstić information content (AvgIpc) is 2.89. The van der Waals surface area contributed by atoms with Crippen molar-refractivity contribution in [1.29, 1.82) is 0 Å². The Balaban J connectivity index is -0.000000452. The smallest absolute Gasteiger partial charge is 0.333 e. The highest BCUT2D eigenvalue weighted by atomic mass is 16.5. The van der Waals surface area contributed by atoms with Gasteiger partial charge in [0.05, 0.1) is 13.7 Å². The van der Waals surface area contributed by atoms with Crippen LogP contribution in [-0.4, -0.2) is 48.8 Å². The second kappa shape index (κ2) is 25.5. The minimum absolute atomic E-state index is 0.156. The van der Waals surface area contributed by atoms with Gasteiger partial charge in [-0.25, -0.2) is 19.2 Å². The van der Waals surface area contributed by atoms with E-state index in [2.05, 4.69) is 44.9 Å². The molecule has 0 aromatic rings. The predicted octanol–water partition coefficient (Wildman–Crippen LogP) is 6.75. The Hall–Kier alpha value is -3.16. The zero-order valence-electron chi connectivity index (χ0n) is 24.4. The Bertz CT molecular complexity index is 748. The van der Waals surface area contributed by atoms with Crippen molar-refractivity contribution in [2.24, 2.45) is 5.92 Å². The monoisotopic (exact) mass is 538 g/mol. The standard InChI is InChI=1S/C11H20O2.C10H16O2.C5H8O2.C4H6O2/c1-4-7-8-10(5-2)9-13-11(12)6-3;1-8(2)10(11)12-9-6-4-3-5-7-9;1-4(2)5(6)7-3;1-3(2)4(5)6/h6,10H,3-5,7-9H2,1-2H3;9H,1,3-7H2,2H3;1H2,2-3H3;1H2,2H3,(H,5,6). The Morgan fingerprint density at radius 3 is 1.74 bits per heavy atom. The molecule has 8 nitrogen and oxygen atoms in total. The summed E-state index contributed by atoms with van der Waals surface area (Å²) in [4.78, 5) is 41.6. The second-order valence-corrected chi connectivity index (χ2v) is 9.05. The molecule has 1 unspecified atom stereocenters. The molecule has 0 radical (unpaired) electrons. The fraction of sp³-hybridized carbons (Fsp3) is 0.600. The summed E-state index contributed by atoms with van der Waals surface area (Å²) in [6.07, 6.45) is 11.7. The van der Waals surface area contributed by atoms with Gasteiger partial charge in [-0.1, -0.05) is 65.8 Å². The van der Waals surface area contributed by atoms with Crippen molar-refractivity contribution in [3.63, 3.8) is 0 Å². The maximum absolute atomic E-state index is 11.1. The Labute approximate surface area is 229 Å². The van der Waals surface area contributed by atoms with Crippen LogP contribution in [0.2, 0.25) is 0 Å². The number of rotatable bonds is 11. The molecule has 0 aliphatic heterocycles.